The van der Waals surface area contributed by atoms with Gasteiger partial charge in [0.05, 0.1) is 0 Å². The topological polar surface area (TPSA) is 43.1 Å². The minimum Gasteiger partial charge on any atom is -0.264 e. The molecule has 0 aliphatic heterocycles. The molecule has 0 aromatic heterocycles. The second-order valence-corrected chi connectivity index (χ2v) is 3.51. The summed E-state index contributed by atoms with van der Waals surface area (Å²) in [5.74, 6) is 0. The summed E-state index contributed by atoms with van der Waals surface area (Å²) >= 11 is 5.96. The number of nitro groups is 1. The van der Waals surface area contributed by atoms with Crippen LogP contribution in [0.4, 0.5) is 0 Å². The standard InChI is InChI=1S/C9H12ClNO2/c10-9-6-2-1-4-8(9)5-3-7-11(12)13/h3,5H,1-2,4,6-7H2/b5-3+. The van der Waals surface area contributed by atoms with Crippen LogP contribution in [0.1, 0.15) is 25.7 Å². The number of halogens is 1. The van der Waals surface area contributed by atoms with E-state index in [-0.39, 0.29) is 11.5 Å². The predicted octanol–water partition coefficient (Wildman–Crippen LogP) is 2.89. The first kappa shape index (κ1) is 10.3. The molecule has 1 aliphatic carbocycles. The van der Waals surface area contributed by atoms with Crippen LogP contribution in [0.25, 0.3) is 0 Å². The van der Waals surface area contributed by atoms with Crippen molar-refractivity contribution >= 4 is 11.6 Å². The summed E-state index contributed by atoms with van der Waals surface area (Å²) in [6.45, 7) is -0.117. The molecule has 3 nitrogen and oxygen atoms in total. The molecule has 0 aromatic carbocycles. The van der Waals surface area contributed by atoms with Crippen LogP contribution in [0.5, 0.6) is 0 Å². The Morgan fingerprint density at radius 1 is 1.46 bits per heavy atom. The third-order valence-corrected chi connectivity index (χ3v) is 2.45. The molecule has 0 saturated carbocycles. The molecular formula is C9H12ClNO2. The lowest BCUT2D eigenvalue weighted by Gasteiger charge is -2.12. The van der Waals surface area contributed by atoms with Crippen LogP contribution in [0.2, 0.25) is 0 Å². The van der Waals surface area contributed by atoms with Crippen LogP contribution in [0, 0.1) is 10.1 Å². The van der Waals surface area contributed by atoms with Crippen molar-refractivity contribution in [2.45, 2.75) is 25.7 Å². The zero-order valence-corrected chi connectivity index (χ0v) is 8.09. The minimum atomic E-state index is -0.353. The third-order valence-electron chi connectivity index (χ3n) is 2.01. The smallest absolute Gasteiger partial charge is 0.222 e. The molecule has 13 heavy (non-hydrogen) atoms. The van der Waals surface area contributed by atoms with Crippen molar-refractivity contribution in [3.63, 3.8) is 0 Å². The van der Waals surface area contributed by atoms with Crippen LogP contribution in [-0.4, -0.2) is 11.5 Å². The molecule has 0 aromatic rings. The van der Waals surface area contributed by atoms with Crippen LogP contribution in [-0.2, 0) is 0 Å². The fraction of sp³-hybridized carbons (Fsp3) is 0.556. The van der Waals surface area contributed by atoms with Crippen molar-refractivity contribution < 1.29 is 4.92 Å². The molecule has 0 fully saturated rings. The maximum atomic E-state index is 10.0. The average molecular weight is 202 g/mol. The summed E-state index contributed by atoms with van der Waals surface area (Å²) in [5.41, 5.74) is 1.06. The summed E-state index contributed by atoms with van der Waals surface area (Å²) < 4.78 is 0. The Bertz CT molecular complexity index is 258. The van der Waals surface area contributed by atoms with Crippen molar-refractivity contribution in [3.8, 4) is 0 Å². The summed E-state index contributed by atoms with van der Waals surface area (Å²) in [5, 5.41) is 10.9. The van der Waals surface area contributed by atoms with Crippen molar-refractivity contribution in [2.24, 2.45) is 0 Å². The summed E-state index contributed by atoms with van der Waals surface area (Å²) in [4.78, 5) is 9.67. The highest BCUT2D eigenvalue weighted by Crippen LogP contribution is 2.27. The van der Waals surface area contributed by atoms with Gasteiger partial charge in [-0.2, -0.15) is 0 Å². The van der Waals surface area contributed by atoms with Crippen molar-refractivity contribution in [3.05, 3.63) is 32.9 Å². The van der Waals surface area contributed by atoms with E-state index in [9.17, 15) is 10.1 Å². The lowest BCUT2D eigenvalue weighted by atomic mass is 9.99. The SMILES string of the molecule is O=[N+]([O-])C/C=C/C1=C(Cl)CCCC1. The average Bonchev–Trinajstić information content (AvgIpc) is 2.08. The highest BCUT2D eigenvalue weighted by molar-refractivity contribution is 6.30. The van der Waals surface area contributed by atoms with E-state index in [2.05, 4.69) is 0 Å². The summed E-state index contributed by atoms with van der Waals surface area (Å²) in [6, 6.07) is 0. The molecule has 0 bridgehead atoms. The van der Waals surface area contributed by atoms with Gasteiger partial charge >= 0.3 is 0 Å². The molecule has 0 amide bonds. The molecule has 0 radical (unpaired) electrons. The maximum absolute atomic E-state index is 10.0. The Kier molecular flexibility index (Phi) is 3.96. The molecule has 0 heterocycles. The fourth-order valence-corrected chi connectivity index (χ4v) is 1.64. The van der Waals surface area contributed by atoms with E-state index in [1.807, 2.05) is 0 Å². The van der Waals surface area contributed by atoms with E-state index in [0.29, 0.717) is 0 Å². The molecule has 4 heteroatoms. The molecule has 0 spiro atoms. The molecule has 0 unspecified atom stereocenters. The maximum Gasteiger partial charge on any atom is 0.222 e. The fourth-order valence-electron chi connectivity index (χ4n) is 1.35. The monoisotopic (exact) mass is 201 g/mol. The number of allylic oxidation sites excluding steroid dienone is 3. The van der Waals surface area contributed by atoms with E-state index < -0.39 is 0 Å². The van der Waals surface area contributed by atoms with E-state index in [1.54, 1.807) is 12.2 Å². The number of rotatable bonds is 3. The third kappa shape index (κ3) is 3.59. The highest BCUT2D eigenvalue weighted by Gasteiger charge is 2.07. The highest BCUT2D eigenvalue weighted by atomic mass is 35.5. The van der Waals surface area contributed by atoms with Gasteiger partial charge < -0.3 is 0 Å². The lowest BCUT2D eigenvalue weighted by molar-refractivity contribution is -0.468. The van der Waals surface area contributed by atoms with Gasteiger partial charge in [0.2, 0.25) is 6.54 Å². The molecule has 1 rings (SSSR count). The minimum absolute atomic E-state index is 0.117. The Labute approximate surface area is 82.2 Å². The Morgan fingerprint density at radius 3 is 2.77 bits per heavy atom. The first-order valence-corrected chi connectivity index (χ1v) is 4.74. The van der Waals surface area contributed by atoms with Crippen molar-refractivity contribution in [2.75, 3.05) is 6.54 Å². The molecule has 1 aliphatic rings. The van der Waals surface area contributed by atoms with E-state index in [0.717, 1.165) is 36.3 Å². The Balaban J connectivity index is 2.51. The summed E-state index contributed by atoms with van der Waals surface area (Å²) in [7, 11) is 0. The quantitative estimate of drug-likeness (QED) is 0.521. The number of hydrogen-bond acceptors (Lipinski definition) is 2. The van der Waals surface area contributed by atoms with Gasteiger partial charge in [0.25, 0.3) is 0 Å². The first-order valence-electron chi connectivity index (χ1n) is 4.36. The zero-order chi connectivity index (χ0) is 9.68. The van der Waals surface area contributed by atoms with Gasteiger partial charge in [0.1, 0.15) is 0 Å². The van der Waals surface area contributed by atoms with Crippen LogP contribution < -0.4 is 0 Å². The number of nitrogens with zero attached hydrogens (tertiary/aromatic N) is 1. The van der Waals surface area contributed by atoms with Gasteiger partial charge in [-0.3, -0.25) is 10.1 Å². The van der Waals surface area contributed by atoms with Gasteiger partial charge in [-0.25, -0.2) is 0 Å². The van der Waals surface area contributed by atoms with E-state index in [1.165, 1.54) is 0 Å². The molecule has 0 N–H and O–H groups in total. The van der Waals surface area contributed by atoms with Crippen molar-refractivity contribution in [1.82, 2.24) is 0 Å². The molecule has 0 saturated heterocycles. The van der Waals surface area contributed by atoms with E-state index >= 15 is 0 Å². The first-order chi connectivity index (χ1) is 6.20. The van der Waals surface area contributed by atoms with Crippen LogP contribution in [0.3, 0.4) is 0 Å². The van der Waals surface area contributed by atoms with E-state index in [4.69, 9.17) is 11.6 Å². The van der Waals surface area contributed by atoms with Crippen LogP contribution >= 0.6 is 11.6 Å². The predicted molar refractivity (Wildman–Crippen MR) is 52.3 cm³/mol. The van der Waals surface area contributed by atoms with Crippen LogP contribution in [0.15, 0.2) is 22.8 Å². The van der Waals surface area contributed by atoms with Gasteiger partial charge in [0, 0.05) is 9.96 Å². The Morgan fingerprint density at radius 2 is 2.15 bits per heavy atom. The molecule has 0 atom stereocenters. The van der Waals surface area contributed by atoms with Gasteiger partial charge in [0.15, 0.2) is 0 Å². The number of hydrogen-bond donors (Lipinski definition) is 0. The molecule has 72 valence electrons. The lowest BCUT2D eigenvalue weighted by Crippen LogP contribution is -1.97. The second kappa shape index (κ2) is 5.02. The largest absolute Gasteiger partial charge is 0.264 e. The van der Waals surface area contributed by atoms with Gasteiger partial charge in [-0.1, -0.05) is 17.7 Å². The summed E-state index contributed by atoms with van der Waals surface area (Å²) in [6.07, 6.45) is 7.47. The normalized spacial score (nSPS) is 18.2. The van der Waals surface area contributed by atoms with Crippen molar-refractivity contribution in [1.29, 1.82) is 0 Å². The van der Waals surface area contributed by atoms with Gasteiger partial charge in [-0.15, -0.1) is 0 Å². The second-order valence-electron chi connectivity index (χ2n) is 3.05. The van der Waals surface area contributed by atoms with Gasteiger partial charge in [-0.05, 0) is 37.3 Å². The Hall–Kier alpha value is -0.830. The zero-order valence-electron chi connectivity index (χ0n) is 7.33. The molecular weight excluding hydrogens is 190 g/mol.